The van der Waals surface area contributed by atoms with Gasteiger partial charge in [-0.15, -0.1) is 0 Å². The zero-order valence-electron chi connectivity index (χ0n) is 5.23. The summed E-state index contributed by atoms with van der Waals surface area (Å²) >= 11 is 0. The van der Waals surface area contributed by atoms with Crippen LogP contribution in [0.2, 0.25) is 0 Å². The second kappa shape index (κ2) is 4.95. The topological polar surface area (TPSA) is 40.1 Å². The predicted molar refractivity (Wildman–Crippen MR) is 24.4 cm³/mol. The average Bonchev–Trinajstić information content (AvgIpc) is 1.65. The Morgan fingerprint density at radius 3 is 2.12 bits per heavy atom. The molecule has 0 aliphatic heterocycles. The summed E-state index contributed by atoms with van der Waals surface area (Å²) in [5.41, 5.74) is 0.153. The smallest absolute Gasteiger partial charge is 0.545 e. The van der Waals surface area contributed by atoms with Gasteiger partial charge in [-0.2, -0.15) is 0 Å². The average molecular weight is 106 g/mol. The molecule has 3 heteroatoms. The summed E-state index contributed by atoms with van der Waals surface area (Å²) in [5.74, 6) is -1.15. The van der Waals surface area contributed by atoms with Crippen molar-refractivity contribution in [2.24, 2.45) is 0 Å². The molecular weight excluding hydrogens is 99.0 g/mol. The standard InChI is InChI=1S/C5H8O2.Li/c1-3-4(2)5(6)7;/h2-3H2,1H3,(H,6,7);/q;+1/p-1. The second-order valence-electron chi connectivity index (χ2n) is 1.24. The molecule has 8 heavy (non-hydrogen) atoms. The van der Waals surface area contributed by atoms with Gasteiger partial charge in [-0.1, -0.05) is 13.5 Å². The van der Waals surface area contributed by atoms with Crippen LogP contribution in [-0.4, -0.2) is 5.97 Å². The zero-order chi connectivity index (χ0) is 5.86. The zero-order valence-corrected chi connectivity index (χ0v) is 5.23. The van der Waals surface area contributed by atoms with E-state index in [9.17, 15) is 9.90 Å². The number of carboxylic acids is 1. The van der Waals surface area contributed by atoms with E-state index in [1.165, 1.54) is 0 Å². The SMILES string of the molecule is C=C(CC)C(=O)[O-].[Li+]. The molecule has 0 rings (SSSR count). The Labute approximate surface area is 60.8 Å². The molecule has 2 nitrogen and oxygen atoms in total. The minimum Gasteiger partial charge on any atom is -0.545 e. The van der Waals surface area contributed by atoms with Gasteiger partial charge < -0.3 is 9.90 Å². The first-order valence-corrected chi connectivity index (χ1v) is 2.07. The number of aliphatic carboxylic acids is 1. The molecular formula is C5H7LiO2. The van der Waals surface area contributed by atoms with Crippen LogP contribution in [0.3, 0.4) is 0 Å². The summed E-state index contributed by atoms with van der Waals surface area (Å²) < 4.78 is 0. The van der Waals surface area contributed by atoms with Crippen molar-refractivity contribution in [1.29, 1.82) is 0 Å². The van der Waals surface area contributed by atoms with Gasteiger partial charge in [0.2, 0.25) is 0 Å². The minimum atomic E-state index is -1.15. The third-order valence-electron chi connectivity index (χ3n) is 0.715. The van der Waals surface area contributed by atoms with Crippen molar-refractivity contribution in [3.05, 3.63) is 12.2 Å². The van der Waals surface area contributed by atoms with Crippen molar-refractivity contribution in [1.82, 2.24) is 0 Å². The molecule has 0 aliphatic rings. The molecule has 0 heterocycles. The van der Waals surface area contributed by atoms with Crippen LogP contribution in [0.15, 0.2) is 12.2 Å². The molecule has 0 aromatic rings. The van der Waals surface area contributed by atoms with Gasteiger partial charge in [0.1, 0.15) is 0 Å². The maximum Gasteiger partial charge on any atom is 1.00 e. The molecule has 0 aliphatic carbocycles. The summed E-state index contributed by atoms with van der Waals surface area (Å²) in [5, 5.41) is 9.72. The first-order chi connectivity index (χ1) is 3.18. The summed E-state index contributed by atoms with van der Waals surface area (Å²) in [6, 6.07) is 0. The maximum absolute atomic E-state index is 9.72. The third-order valence-corrected chi connectivity index (χ3v) is 0.715. The van der Waals surface area contributed by atoms with Crippen molar-refractivity contribution in [3.63, 3.8) is 0 Å². The van der Waals surface area contributed by atoms with Gasteiger partial charge in [0.25, 0.3) is 0 Å². The van der Waals surface area contributed by atoms with Gasteiger partial charge in [-0.25, -0.2) is 0 Å². The number of hydrogen-bond donors (Lipinski definition) is 0. The monoisotopic (exact) mass is 106 g/mol. The summed E-state index contributed by atoms with van der Waals surface area (Å²) in [4.78, 5) is 9.72. The molecule has 0 bridgehead atoms. The summed E-state index contributed by atoms with van der Waals surface area (Å²) in [6.45, 7) is 4.93. The molecule has 0 aromatic heterocycles. The van der Waals surface area contributed by atoms with Gasteiger partial charge in [-0.3, -0.25) is 0 Å². The molecule has 0 N–H and O–H groups in total. The second-order valence-corrected chi connectivity index (χ2v) is 1.24. The van der Waals surface area contributed by atoms with Crippen molar-refractivity contribution < 1.29 is 28.8 Å². The molecule has 0 aromatic carbocycles. The number of hydrogen-bond acceptors (Lipinski definition) is 2. The van der Waals surface area contributed by atoms with Crippen LogP contribution >= 0.6 is 0 Å². The van der Waals surface area contributed by atoms with E-state index < -0.39 is 5.97 Å². The molecule has 0 saturated carbocycles. The molecule has 0 radical (unpaired) electrons. The number of carboxylic acid groups (broad SMARTS) is 1. The quantitative estimate of drug-likeness (QED) is 0.273. The maximum atomic E-state index is 9.72. The van der Waals surface area contributed by atoms with Crippen LogP contribution in [-0.2, 0) is 4.79 Å². The van der Waals surface area contributed by atoms with E-state index >= 15 is 0 Å². The van der Waals surface area contributed by atoms with Gasteiger partial charge in [0.05, 0.1) is 5.97 Å². The van der Waals surface area contributed by atoms with E-state index in [0.717, 1.165) is 0 Å². The van der Waals surface area contributed by atoms with Gasteiger partial charge in [0.15, 0.2) is 0 Å². The van der Waals surface area contributed by atoms with Crippen LogP contribution in [0.4, 0.5) is 0 Å². The third kappa shape index (κ3) is 3.98. The Balaban J connectivity index is 0. The fourth-order valence-corrected chi connectivity index (χ4v) is 0.144. The first kappa shape index (κ1) is 10.7. The first-order valence-electron chi connectivity index (χ1n) is 2.07. The summed E-state index contributed by atoms with van der Waals surface area (Å²) in [7, 11) is 0. The number of carbonyl (C=O) groups is 1. The number of carbonyl (C=O) groups excluding carboxylic acids is 1. The Kier molecular flexibility index (Phi) is 6.64. The van der Waals surface area contributed by atoms with Crippen molar-refractivity contribution in [3.8, 4) is 0 Å². The van der Waals surface area contributed by atoms with E-state index in [4.69, 9.17) is 0 Å². The largest absolute Gasteiger partial charge is 1.00 e. The Bertz CT molecular complexity index is 98.6. The Morgan fingerprint density at radius 2 is 2.12 bits per heavy atom. The molecule has 40 valence electrons. The van der Waals surface area contributed by atoms with Crippen LogP contribution in [0.1, 0.15) is 13.3 Å². The van der Waals surface area contributed by atoms with E-state index in [1.54, 1.807) is 6.92 Å². The van der Waals surface area contributed by atoms with E-state index in [2.05, 4.69) is 6.58 Å². The van der Waals surface area contributed by atoms with Crippen LogP contribution in [0.5, 0.6) is 0 Å². The normalized spacial score (nSPS) is 7.12. The molecule has 0 saturated heterocycles. The fourth-order valence-electron chi connectivity index (χ4n) is 0.144. The van der Waals surface area contributed by atoms with Gasteiger partial charge in [-0.05, 0) is 12.0 Å². The van der Waals surface area contributed by atoms with Crippen molar-refractivity contribution >= 4 is 5.97 Å². The molecule has 0 unspecified atom stereocenters. The van der Waals surface area contributed by atoms with Gasteiger partial charge >= 0.3 is 18.9 Å². The fraction of sp³-hybridized carbons (Fsp3) is 0.400. The molecule has 0 fully saturated rings. The molecule has 0 spiro atoms. The Morgan fingerprint density at radius 1 is 1.75 bits per heavy atom. The molecule has 0 atom stereocenters. The summed E-state index contributed by atoms with van der Waals surface area (Å²) in [6.07, 6.45) is 0.461. The van der Waals surface area contributed by atoms with E-state index in [1.807, 2.05) is 0 Å². The predicted octanol–water partition coefficient (Wildman–Crippen LogP) is -3.29. The van der Waals surface area contributed by atoms with Crippen LogP contribution < -0.4 is 24.0 Å². The van der Waals surface area contributed by atoms with Crippen molar-refractivity contribution in [2.45, 2.75) is 13.3 Å². The van der Waals surface area contributed by atoms with Gasteiger partial charge in [0, 0.05) is 0 Å². The van der Waals surface area contributed by atoms with Crippen LogP contribution in [0, 0.1) is 0 Å². The van der Waals surface area contributed by atoms with E-state index in [-0.39, 0.29) is 24.4 Å². The van der Waals surface area contributed by atoms with Crippen molar-refractivity contribution in [2.75, 3.05) is 0 Å². The van der Waals surface area contributed by atoms with Crippen LogP contribution in [0.25, 0.3) is 0 Å². The minimum absolute atomic E-state index is 0. The Hall–Kier alpha value is -0.193. The van der Waals surface area contributed by atoms with E-state index in [0.29, 0.717) is 6.42 Å². The number of rotatable bonds is 2. The molecule has 0 amide bonds.